The maximum absolute atomic E-state index is 13.1. The number of hydrogen-bond acceptors (Lipinski definition) is 4. The molecular formula is C26H21F3N2O3. The average Bonchev–Trinajstić information content (AvgIpc) is 3.10. The van der Waals surface area contributed by atoms with Crippen molar-refractivity contribution in [1.29, 1.82) is 0 Å². The fourth-order valence-corrected chi connectivity index (χ4v) is 4.03. The molecular weight excluding hydrogens is 445 g/mol. The largest absolute Gasteiger partial charge is 0.454 e. The Morgan fingerprint density at radius 3 is 2.41 bits per heavy atom. The number of hydrogen-bond donors (Lipinski definition) is 0. The molecule has 8 heteroatoms. The van der Waals surface area contributed by atoms with Gasteiger partial charge in [0.1, 0.15) is 0 Å². The number of Topliss-reactive ketones (excluding diaryl/α,β-unsaturated/α-hetero) is 1. The van der Waals surface area contributed by atoms with Crippen LogP contribution in [0, 0.1) is 20.8 Å². The van der Waals surface area contributed by atoms with Crippen molar-refractivity contribution in [3.05, 3.63) is 94.4 Å². The van der Waals surface area contributed by atoms with Gasteiger partial charge in [-0.05, 0) is 57.2 Å². The molecule has 0 radical (unpaired) electrons. The van der Waals surface area contributed by atoms with Gasteiger partial charge in [0, 0.05) is 33.7 Å². The van der Waals surface area contributed by atoms with Crippen molar-refractivity contribution in [1.82, 2.24) is 9.55 Å². The summed E-state index contributed by atoms with van der Waals surface area (Å²) in [7, 11) is 0. The van der Waals surface area contributed by atoms with Gasteiger partial charge in [0.15, 0.2) is 6.61 Å². The van der Waals surface area contributed by atoms with Crippen LogP contribution in [0.1, 0.15) is 43.4 Å². The van der Waals surface area contributed by atoms with Crippen LogP contribution in [-0.4, -0.2) is 27.9 Å². The van der Waals surface area contributed by atoms with E-state index in [1.807, 2.05) is 6.07 Å². The number of benzene rings is 2. The number of alkyl halides is 3. The first-order valence-electron chi connectivity index (χ1n) is 10.5. The lowest BCUT2D eigenvalue weighted by atomic mass is 10.1. The van der Waals surface area contributed by atoms with Gasteiger partial charge in [-0.1, -0.05) is 24.3 Å². The van der Waals surface area contributed by atoms with E-state index in [0.717, 1.165) is 12.1 Å². The minimum Gasteiger partial charge on any atom is -0.454 e. The molecule has 0 saturated carbocycles. The van der Waals surface area contributed by atoms with E-state index in [4.69, 9.17) is 4.74 Å². The average molecular weight is 466 g/mol. The van der Waals surface area contributed by atoms with E-state index in [1.54, 1.807) is 61.7 Å². The Hall–Kier alpha value is -3.94. The molecule has 0 N–H and O–H groups in total. The first-order chi connectivity index (χ1) is 16.1. The molecule has 0 atom stereocenters. The van der Waals surface area contributed by atoms with Gasteiger partial charge in [-0.2, -0.15) is 13.2 Å². The Kier molecular flexibility index (Phi) is 6.00. The van der Waals surface area contributed by atoms with Crippen LogP contribution >= 0.6 is 0 Å². The highest BCUT2D eigenvalue weighted by Gasteiger charge is 2.31. The minimum absolute atomic E-state index is 0.276. The summed E-state index contributed by atoms with van der Waals surface area (Å²) in [4.78, 5) is 30.0. The monoisotopic (exact) mass is 466 g/mol. The normalized spacial score (nSPS) is 11.6. The van der Waals surface area contributed by atoms with Gasteiger partial charge in [0.2, 0.25) is 5.78 Å². The zero-order valence-electron chi connectivity index (χ0n) is 18.7. The molecule has 0 bridgehead atoms. The molecule has 2 aromatic heterocycles. The summed E-state index contributed by atoms with van der Waals surface area (Å²) in [5.41, 5.74) is 2.43. The van der Waals surface area contributed by atoms with E-state index < -0.39 is 30.1 Å². The molecule has 34 heavy (non-hydrogen) atoms. The quantitative estimate of drug-likeness (QED) is 0.267. The molecule has 4 rings (SSSR count). The number of pyridine rings is 1. The van der Waals surface area contributed by atoms with Gasteiger partial charge in [-0.15, -0.1) is 0 Å². The van der Waals surface area contributed by atoms with Crippen LogP contribution in [0.4, 0.5) is 13.2 Å². The Morgan fingerprint density at radius 2 is 1.68 bits per heavy atom. The summed E-state index contributed by atoms with van der Waals surface area (Å²) in [6, 6.07) is 15.2. The number of rotatable bonds is 5. The number of halogens is 3. The molecule has 0 spiro atoms. The van der Waals surface area contributed by atoms with Gasteiger partial charge in [0.25, 0.3) is 0 Å². The van der Waals surface area contributed by atoms with Crippen LogP contribution in [0.25, 0.3) is 16.6 Å². The third kappa shape index (κ3) is 4.44. The lowest BCUT2D eigenvalue weighted by Crippen LogP contribution is -2.15. The molecule has 0 aliphatic carbocycles. The number of nitrogens with zero attached hydrogens (tertiary/aromatic N) is 2. The Balaban J connectivity index is 1.57. The van der Waals surface area contributed by atoms with Gasteiger partial charge in [-0.3, -0.25) is 9.78 Å². The lowest BCUT2D eigenvalue weighted by Gasteiger charge is -2.13. The van der Waals surface area contributed by atoms with Crippen LogP contribution in [0.2, 0.25) is 0 Å². The van der Waals surface area contributed by atoms with E-state index in [-0.39, 0.29) is 5.56 Å². The number of para-hydroxylation sites is 1. The zero-order valence-corrected chi connectivity index (χ0v) is 18.7. The molecule has 0 aliphatic heterocycles. The number of carbonyl (C=O) groups excluding carboxylic acids is 2. The van der Waals surface area contributed by atoms with Crippen molar-refractivity contribution in [2.24, 2.45) is 0 Å². The molecule has 2 heterocycles. The summed E-state index contributed by atoms with van der Waals surface area (Å²) in [6.45, 7) is 4.60. The SMILES string of the molecule is Cc1cc(C(=O)OCC(=O)c2cc(C)n(-c3cccc(C(F)(F)F)c3)c2C)c2ccccc2n1. The highest BCUT2D eigenvalue weighted by atomic mass is 19.4. The standard InChI is InChI=1S/C26H21F3N2O3/c1-15-11-22(20-9-4-5-10-23(20)30-15)25(33)34-14-24(32)21-12-16(2)31(17(21)3)19-8-6-7-18(13-19)26(27,28)29/h4-13H,14H2,1-3H3. The molecule has 5 nitrogen and oxygen atoms in total. The second kappa shape index (κ2) is 8.78. The van der Waals surface area contributed by atoms with Crippen LogP contribution < -0.4 is 0 Å². The highest BCUT2D eigenvalue weighted by Crippen LogP contribution is 2.31. The van der Waals surface area contributed by atoms with E-state index in [9.17, 15) is 22.8 Å². The van der Waals surface area contributed by atoms with E-state index >= 15 is 0 Å². The van der Waals surface area contributed by atoms with E-state index in [1.165, 1.54) is 6.07 Å². The van der Waals surface area contributed by atoms with Gasteiger partial charge in [0.05, 0.1) is 16.6 Å². The molecule has 0 fully saturated rings. The first-order valence-corrected chi connectivity index (χ1v) is 10.5. The maximum Gasteiger partial charge on any atom is 0.416 e. The Morgan fingerprint density at radius 1 is 0.941 bits per heavy atom. The highest BCUT2D eigenvalue weighted by molar-refractivity contribution is 6.05. The zero-order chi connectivity index (χ0) is 24.6. The van der Waals surface area contributed by atoms with Crippen LogP contribution in [0.3, 0.4) is 0 Å². The lowest BCUT2D eigenvalue weighted by molar-refractivity contribution is -0.137. The minimum atomic E-state index is -4.48. The number of ether oxygens (including phenoxy) is 1. The van der Waals surface area contributed by atoms with Gasteiger partial charge >= 0.3 is 12.1 Å². The molecule has 0 unspecified atom stereocenters. The van der Waals surface area contributed by atoms with E-state index in [2.05, 4.69) is 4.98 Å². The molecule has 4 aromatic rings. The van der Waals surface area contributed by atoms with E-state index in [0.29, 0.717) is 39.2 Å². The predicted octanol–water partition coefficient (Wildman–Crippen LogP) is 6.01. The van der Waals surface area contributed by atoms with Crippen molar-refractivity contribution < 1.29 is 27.5 Å². The summed E-state index contributed by atoms with van der Waals surface area (Å²) in [5, 5.41) is 0.619. The fourth-order valence-electron chi connectivity index (χ4n) is 4.03. The number of esters is 1. The smallest absolute Gasteiger partial charge is 0.416 e. The number of ketones is 1. The van der Waals surface area contributed by atoms with Crippen molar-refractivity contribution in [2.45, 2.75) is 26.9 Å². The summed E-state index contributed by atoms with van der Waals surface area (Å²) in [5.74, 6) is -1.10. The third-order valence-corrected chi connectivity index (χ3v) is 5.56. The second-order valence-electron chi connectivity index (χ2n) is 8.00. The van der Waals surface area contributed by atoms with Crippen molar-refractivity contribution in [2.75, 3.05) is 6.61 Å². The molecule has 0 amide bonds. The Labute approximate surface area is 193 Å². The number of aromatic nitrogens is 2. The maximum atomic E-state index is 13.1. The van der Waals surface area contributed by atoms with Crippen molar-refractivity contribution >= 4 is 22.7 Å². The number of carbonyl (C=O) groups is 2. The Bertz CT molecular complexity index is 1420. The van der Waals surface area contributed by atoms with Crippen molar-refractivity contribution in [3.63, 3.8) is 0 Å². The van der Waals surface area contributed by atoms with Gasteiger partial charge in [-0.25, -0.2) is 4.79 Å². The molecule has 174 valence electrons. The molecule has 0 aliphatic rings. The number of fused-ring (bicyclic) bond motifs is 1. The van der Waals surface area contributed by atoms with Crippen LogP contribution in [-0.2, 0) is 10.9 Å². The molecule has 0 saturated heterocycles. The fraction of sp³-hybridized carbons (Fsp3) is 0.192. The summed E-state index contributed by atoms with van der Waals surface area (Å²) >= 11 is 0. The second-order valence-corrected chi connectivity index (χ2v) is 8.00. The third-order valence-electron chi connectivity index (χ3n) is 5.56. The topological polar surface area (TPSA) is 61.2 Å². The first kappa shape index (κ1) is 23.2. The summed E-state index contributed by atoms with van der Waals surface area (Å²) in [6.07, 6.45) is -4.48. The number of aryl methyl sites for hydroxylation is 2. The predicted molar refractivity (Wildman–Crippen MR) is 121 cm³/mol. The van der Waals surface area contributed by atoms with Crippen LogP contribution in [0.15, 0.2) is 60.7 Å². The van der Waals surface area contributed by atoms with Crippen LogP contribution in [0.5, 0.6) is 0 Å². The van der Waals surface area contributed by atoms with Crippen molar-refractivity contribution in [3.8, 4) is 5.69 Å². The molecule has 2 aromatic carbocycles. The summed E-state index contributed by atoms with van der Waals surface area (Å²) < 4.78 is 46.3. The van der Waals surface area contributed by atoms with Gasteiger partial charge < -0.3 is 9.30 Å².